The molecule has 2 aliphatic carbocycles. The molecular formula is C22H24N6OS3. The van der Waals surface area contributed by atoms with Gasteiger partial charge in [0.1, 0.15) is 10.7 Å². The standard InChI is InChI=1S/C22H24N6OS3/c1-10-4-7-14-15(8-10)32-20-17(14)19-26-27-22(28(19)18(25-20)13-5-6-13)30-9-16(29)24-21-23-11(2)12(3)31-21/h10,13H,4-9H2,1-3H3,(H,23,24,29)/t10-/m1/s1. The van der Waals surface area contributed by atoms with Crippen LogP contribution in [0, 0.1) is 19.8 Å². The zero-order chi connectivity index (χ0) is 22.0. The van der Waals surface area contributed by atoms with Crippen molar-refractivity contribution in [2.24, 2.45) is 5.92 Å². The summed E-state index contributed by atoms with van der Waals surface area (Å²) in [7, 11) is 0. The summed E-state index contributed by atoms with van der Waals surface area (Å²) in [5.41, 5.74) is 3.29. The van der Waals surface area contributed by atoms with Gasteiger partial charge in [0.25, 0.3) is 0 Å². The second-order valence-corrected chi connectivity index (χ2v) is 12.1. The van der Waals surface area contributed by atoms with Crippen molar-refractivity contribution in [3.63, 3.8) is 0 Å². The number of aromatic nitrogens is 5. The predicted molar refractivity (Wildman–Crippen MR) is 130 cm³/mol. The van der Waals surface area contributed by atoms with E-state index in [1.165, 1.54) is 45.3 Å². The maximum atomic E-state index is 12.6. The summed E-state index contributed by atoms with van der Waals surface area (Å²) in [6.45, 7) is 6.30. The molecule has 1 atom stereocenters. The van der Waals surface area contributed by atoms with E-state index < -0.39 is 0 Å². The largest absolute Gasteiger partial charge is 0.301 e. The maximum absolute atomic E-state index is 12.6. The van der Waals surface area contributed by atoms with Crippen LogP contribution in [0.15, 0.2) is 5.16 Å². The number of amides is 1. The summed E-state index contributed by atoms with van der Waals surface area (Å²) in [5.74, 6) is 2.43. The Labute approximate surface area is 198 Å². The number of carbonyl (C=O) groups excluding carboxylic acids is 1. The molecule has 0 bridgehead atoms. The number of fused-ring (bicyclic) bond motifs is 5. The van der Waals surface area contributed by atoms with E-state index in [0.717, 1.165) is 63.6 Å². The van der Waals surface area contributed by atoms with Gasteiger partial charge in [0.15, 0.2) is 15.9 Å². The Morgan fingerprint density at radius 2 is 2.03 bits per heavy atom. The number of thioether (sulfide) groups is 1. The van der Waals surface area contributed by atoms with E-state index >= 15 is 0 Å². The summed E-state index contributed by atoms with van der Waals surface area (Å²) < 4.78 is 2.13. The Morgan fingerprint density at radius 3 is 2.78 bits per heavy atom. The highest BCUT2D eigenvalue weighted by molar-refractivity contribution is 7.99. The summed E-state index contributed by atoms with van der Waals surface area (Å²) in [5, 5.41) is 14.6. The SMILES string of the molecule is Cc1nc(NC(=O)CSc2nnc3c4c5c(sc4nc(C4CC4)n23)C[C@H](C)CC5)sc1C. The van der Waals surface area contributed by atoms with E-state index in [1.807, 2.05) is 25.2 Å². The Hall–Kier alpha value is -2.04. The summed E-state index contributed by atoms with van der Waals surface area (Å²) in [4.78, 5) is 25.8. The van der Waals surface area contributed by atoms with Gasteiger partial charge in [-0.3, -0.25) is 9.20 Å². The number of hydrogen-bond acceptors (Lipinski definition) is 8. The third-order valence-electron chi connectivity index (χ3n) is 6.34. The summed E-state index contributed by atoms with van der Waals surface area (Å²) >= 11 is 4.77. The topological polar surface area (TPSA) is 85.1 Å². The first-order valence-electron chi connectivity index (χ1n) is 11.0. The van der Waals surface area contributed by atoms with E-state index in [-0.39, 0.29) is 11.7 Å². The van der Waals surface area contributed by atoms with Crippen LogP contribution in [0.3, 0.4) is 0 Å². The first-order valence-corrected chi connectivity index (χ1v) is 13.7. The van der Waals surface area contributed by atoms with Crippen LogP contribution in [-0.2, 0) is 17.6 Å². The van der Waals surface area contributed by atoms with E-state index in [4.69, 9.17) is 4.98 Å². The van der Waals surface area contributed by atoms with Crippen molar-refractivity contribution < 1.29 is 4.79 Å². The molecule has 10 heteroatoms. The van der Waals surface area contributed by atoms with Gasteiger partial charge in [0, 0.05) is 15.7 Å². The molecule has 1 saturated carbocycles. The van der Waals surface area contributed by atoms with Gasteiger partial charge in [-0.2, -0.15) is 0 Å². The Bertz CT molecular complexity index is 1350. The number of carbonyl (C=O) groups is 1. The third-order valence-corrected chi connectivity index (χ3v) is 9.41. The Morgan fingerprint density at radius 1 is 1.19 bits per heavy atom. The number of anilines is 1. The Balaban J connectivity index is 1.34. The maximum Gasteiger partial charge on any atom is 0.236 e. The fourth-order valence-electron chi connectivity index (χ4n) is 4.36. The van der Waals surface area contributed by atoms with Gasteiger partial charge in [0.05, 0.1) is 16.8 Å². The van der Waals surface area contributed by atoms with Crippen molar-refractivity contribution in [2.45, 2.75) is 63.9 Å². The predicted octanol–water partition coefficient (Wildman–Crippen LogP) is 5.15. The van der Waals surface area contributed by atoms with Crippen molar-refractivity contribution in [1.29, 1.82) is 0 Å². The molecule has 7 nitrogen and oxygen atoms in total. The van der Waals surface area contributed by atoms with E-state index in [9.17, 15) is 4.79 Å². The molecule has 1 N–H and O–H groups in total. The molecule has 1 fully saturated rings. The molecule has 32 heavy (non-hydrogen) atoms. The lowest BCUT2D eigenvalue weighted by Gasteiger charge is -2.17. The van der Waals surface area contributed by atoms with Crippen molar-refractivity contribution in [3.8, 4) is 0 Å². The van der Waals surface area contributed by atoms with Crippen molar-refractivity contribution in [1.82, 2.24) is 24.6 Å². The fraction of sp³-hybridized carbons (Fsp3) is 0.500. The highest BCUT2D eigenvalue weighted by Crippen LogP contribution is 2.44. The number of aryl methyl sites for hydroxylation is 3. The second-order valence-electron chi connectivity index (χ2n) is 8.92. The van der Waals surface area contributed by atoms with E-state index in [2.05, 4.69) is 31.8 Å². The smallest absolute Gasteiger partial charge is 0.236 e. The van der Waals surface area contributed by atoms with Gasteiger partial charge in [-0.05, 0) is 57.4 Å². The van der Waals surface area contributed by atoms with Crippen LogP contribution in [0.25, 0.3) is 15.9 Å². The van der Waals surface area contributed by atoms with Crippen molar-refractivity contribution in [3.05, 3.63) is 26.8 Å². The average Bonchev–Trinajstić information content (AvgIpc) is 3.30. The first kappa shape index (κ1) is 20.6. The molecule has 1 amide bonds. The summed E-state index contributed by atoms with van der Waals surface area (Å²) in [6.07, 6.45) is 5.73. The highest BCUT2D eigenvalue weighted by Gasteiger charge is 2.32. The molecule has 0 spiro atoms. The highest BCUT2D eigenvalue weighted by atomic mass is 32.2. The van der Waals surface area contributed by atoms with Gasteiger partial charge >= 0.3 is 0 Å². The second kappa shape index (κ2) is 7.78. The molecule has 6 rings (SSSR count). The van der Waals surface area contributed by atoms with Crippen molar-refractivity contribution >= 4 is 61.3 Å². The average molecular weight is 485 g/mol. The molecule has 0 radical (unpaired) electrons. The molecule has 166 valence electrons. The van der Waals surface area contributed by atoms with Gasteiger partial charge in [-0.15, -0.1) is 32.9 Å². The van der Waals surface area contributed by atoms with Gasteiger partial charge in [-0.25, -0.2) is 9.97 Å². The van der Waals surface area contributed by atoms with Crippen LogP contribution in [0.1, 0.15) is 58.9 Å². The van der Waals surface area contributed by atoms with Crippen LogP contribution in [0.2, 0.25) is 0 Å². The number of thiazole rings is 1. The van der Waals surface area contributed by atoms with Gasteiger partial charge < -0.3 is 5.32 Å². The van der Waals surface area contributed by atoms with Gasteiger partial charge in [0.2, 0.25) is 5.91 Å². The number of hydrogen-bond donors (Lipinski definition) is 1. The van der Waals surface area contributed by atoms with Crippen LogP contribution >= 0.6 is 34.4 Å². The molecule has 0 saturated heterocycles. The minimum absolute atomic E-state index is 0.0793. The lowest BCUT2D eigenvalue weighted by atomic mass is 9.89. The molecule has 0 aromatic carbocycles. The molecule has 4 heterocycles. The normalized spacial score (nSPS) is 18.4. The van der Waals surface area contributed by atoms with Gasteiger partial charge in [-0.1, -0.05) is 18.7 Å². The summed E-state index contributed by atoms with van der Waals surface area (Å²) in [6, 6.07) is 0. The molecule has 4 aromatic heterocycles. The first-order chi connectivity index (χ1) is 15.5. The molecular weight excluding hydrogens is 460 g/mol. The number of thiophene rings is 1. The molecule has 0 unspecified atom stereocenters. The van der Waals surface area contributed by atoms with Crippen LogP contribution in [0.5, 0.6) is 0 Å². The quantitative estimate of drug-likeness (QED) is 0.395. The lowest BCUT2D eigenvalue weighted by molar-refractivity contribution is -0.113. The number of nitrogens with zero attached hydrogens (tertiary/aromatic N) is 5. The Kier molecular flexibility index (Phi) is 5.00. The third kappa shape index (κ3) is 3.52. The number of rotatable bonds is 5. The monoisotopic (exact) mass is 484 g/mol. The lowest BCUT2D eigenvalue weighted by Crippen LogP contribution is -2.14. The van der Waals surface area contributed by atoms with E-state index in [0.29, 0.717) is 11.0 Å². The van der Waals surface area contributed by atoms with Crippen molar-refractivity contribution in [2.75, 3.05) is 11.1 Å². The zero-order valence-electron chi connectivity index (χ0n) is 18.3. The molecule has 2 aliphatic rings. The molecule has 0 aliphatic heterocycles. The van der Waals surface area contributed by atoms with Crippen LogP contribution < -0.4 is 5.32 Å². The zero-order valence-corrected chi connectivity index (χ0v) is 20.7. The van der Waals surface area contributed by atoms with Crippen LogP contribution in [0.4, 0.5) is 5.13 Å². The minimum atomic E-state index is -0.0793. The molecule has 4 aromatic rings. The van der Waals surface area contributed by atoms with Crippen LogP contribution in [-0.4, -0.2) is 36.2 Å². The minimum Gasteiger partial charge on any atom is -0.301 e. The number of nitrogens with one attached hydrogen (secondary N) is 1. The van der Waals surface area contributed by atoms with E-state index in [1.54, 1.807) is 0 Å². The fourth-order valence-corrected chi connectivity index (χ4v) is 7.31.